The van der Waals surface area contributed by atoms with Crippen LogP contribution in [0.1, 0.15) is 42.9 Å². The Morgan fingerprint density at radius 1 is 1.55 bits per heavy atom. The summed E-state index contributed by atoms with van der Waals surface area (Å²) < 4.78 is 62.8. The Hall–Kier alpha value is -0.530. The monoisotopic (exact) mass is 162 g/mol. The Bertz CT molecular complexity index is 433. The molecule has 0 aromatic heterocycles. The molecular formula is C9H14O2. The van der Waals surface area contributed by atoms with E-state index in [1.165, 1.54) is 0 Å². The first-order valence-corrected chi connectivity index (χ1v) is 3.43. The molecule has 3 rings (SSSR count). The van der Waals surface area contributed by atoms with Crippen molar-refractivity contribution in [1.29, 1.82) is 0 Å². The molecular weight excluding hydrogens is 140 g/mol. The lowest BCUT2D eigenvalue weighted by molar-refractivity contribution is -0.147. The maximum Gasteiger partial charge on any atom is 0.306 e. The van der Waals surface area contributed by atoms with E-state index in [0.717, 1.165) is 0 Å². The minimum atomic E-state index is -2.98. The van der Waals surface area contributed by atoms with Crippen LogP contribution in [0.2, 0.25) is 0 Å². The summed E-state index contributed by atoms with van der Waals surface area (Å²) in [5.41, 5.74) is 0. The SMILES string of the molecule is [2H]C1C([2H])C2([2H])C(C(=O)O)CC1([2H])C([2H])([2H])C2([2H])[2H]. The highest BCUT2D eigenvalue weighted by molar-refractivity contribution is 5.70. The largest absolute Gasteiger partial charge is 0.481 e. The Morgan fingerprint density at radius 2 is 2.36 bits per heavy atom. The molecule has 3 saturated carbocycles. The summed E-state index contributed by atoms with van der Waals surface area (Å²) in [6.07, 6.45) is -9.88. The molecule has 3 fully saturated rings. The van der Waals surface area contributed by atoms with Crippen molar-refractivity contribution in [3.8, 4) is 0 Å². The fraction of sp³-hybridized carbons (Fsp3) is 0.889. The van der Waals surface area contributed by atoms with Crippen LogP contribution < -0.4 is 0 Å². The summed E-state index contributed by atoms with van der Waals surface area (Å²) in [7, 11) is 0. The maximum absolute atomic E-state index is 11.2. The molecule has 0 amide bonds. The van der Waals surface area contributed by atoms with E-state index in [4.69, 9.17) is 16.1 Å². The van der Waals surface area contributed by atoms with Crippen LogP contribution >= 0.6 is 0 Å². The van der Waals surface area contributed by atoms with E-state index >= 15 is 0 Å². The number of aliphatic carboxylic acids is 1. The van der Waals surface area contributed by atoms with Crippen LogP contribution in [0, 0.1) is 17.7 Å². The van der Waals surface area contributed by atoms with Crippen molar-refractivity contribution in [2.24, 2.45) is 17.7 Å². The standard InChI is InChI=1S/C9H14O2/c10-9(11)8-5-6-1-3-7(8)4-2-6/h6-8H,1-5H2,(H,10,11)/i1D,2D2,3D,4D2,6D,7D. The fourth-order valence-electron chi connectivity index (χ4n) is 1.30. The minimum absolute atomic E-state index is 0.623. The van der Waals surface area contributed by atoms with Gasteiger partial charge >= 0.3 is 5.97 Å². The van der Waals surface area contributed by atoms with Gasteiger partial charge in [0.25, 0.3) is 0 Å². The van der Waals surface area contributed by atoms with E-state index < -0.39 is 55.6 Å². The molecule has 0 heterocycles. The van der Waals surface area contributed by atoms with Crippen molar-refractivity contribution in [3.05, 3.63) is 0 Å². The van der Waals surface area contributed by atoms with Crippen LogP contribution in [0.5, 0.6) is 0 Å². The highest BCUT2D eigenvalue weighted by atomic mass is 16.4. The third-order valence-corrected chi connectivity index (χ3v) is 1.93. The van der Waals surface area contributed by atoms with Crippen molar-refractivity contribution in [2.45, 2.75) is 32.0 Å². The summed E-state index contributed by atoms with van der Waals surface area (Å²) in [5, 5.41) is 9.11. The van der Waals surface area contributed by atoms with Crippen molar-refractivity contribution < 1.29 is 20.9 Å². The molecule has 0 radical (unpaired) electrons. The molecule has 2 nitrogen and oxygen atoms in total. The number of rotatable bonds is 1. The number of hydrogen-bond acceptors (Lipinski definition) is 1. The van der Waals surface area contributed by atoms with E-state index in [1.54, 1.807) is 0 Å². The van der Waals surface area contributed by atoms with Crippen LogP contribution in [0.25, 0.3) is 0 Å². The second-order valence-corrected chi connectivity index (χ2v) is 2.66. The summed E-state index contributed by atoms with van der Waals surface area (Å²) in [5.74, 6) is -8.09. The molecule has 0 aromatic rings. The Balaban J connectivity index is 2.73. The summed E-state index contributed by atoms with van der Waals surface area (Å²) in [6.45, 7) is 0. The van der Waals surface area contributed by atoms with Gasteiger partial charge in [-0.05, 0) is 31.0 Å². The topological polar surface area (TPSA) is 37.3 Å². The van der Waals surface area contributed by atoms with E-state index in [1.807, 2.05) is 0 Å². The predicted octanol–water partition coefficient (Wildman–Crippen LogP) is 1.90. The summed E-state index contributed by atoms with van der Waals surface area (Å²) in [4.78, 5) is 11.2. The third kappa shape index (κ3) is 1.15. The second-order valence-electron chi connectivity index (χ2n) is 2.66. The molecule has 0 spiro atoms. The molecule has 11 heavy (non-hydrogen) atoms. The Kier molecular flexibility index (Phi) is 0.564. The zero-order chi connectivity index (χ0) is 15.0. The first-order valence-electron chi connectivity index (χ1n) is 7.58. The van der Waals surface area contributed by atoms with Gasteiger partial charge < -0.3 is 5.11 Å². The van der Waals surface area contributed by atoms with Crippen LogP contribution in [0.4, 0.5) is 0 Å². The number of hydrogen-bond donors (Lipinski definition) is 1. The minimum Gasteiger partial charge on any atom is -0.481 e. The zero-order valence-corrected chi connectivity index (χ0v) is 5.79. The second kappa shape index (κ2) is 2.50. The summed E-state index contributed by atoms with van der Waals surface area (Å²) >= 11 is 0. The predicted molar refractivity (Wildman–Crippen MR) is 41.2 cm³/mol. The van der Waals surface area contributed by atoms with E-state index in [2.05, 4.69) is 0 Å². The number of carboxylic acids is 1. The summed E-state index contributed by atoms with van der Waals surface area (Å²) in [6, 6.07) is 0. The van der Waals surface area contributed by atoms with Crippen molar-refractivity contribution in [1.82, 2.24) is 0 Å². The normalized spacial score (nSPS) is 88.9. The van der Waals surface area contributed by atoms with Gasteiger partial charge in [-0.15, -0.1) is 0 Å². The van der Waals surface area contributed by atoms with Gasteiger partial charge in [0.1, 0.15) is 0 Å². The first kappa shape index (κ1) is 2.48. The zero-order valence-electron chi connectivity index (χ0n) is 13.8. The lowest BCUT2D eigenvalue weighted by atomic mass is 9.65. The first-order chi connectivity index (χ1) is 8.35. The van der Waals surface area contributed by atoms with Gasteiger partial charge in [-0.25, -0.2) is 0 Å². The number of carbonyl (C=O) groups is 1. The van der Waals surface area contributed by atoms with Gasteiger partial charge in [0.2, 0.25) is 0 Å². The van der Waals surface area contributed by atoms with E-state index in [0.29, 0.717) is 0 Å². The van der Waals surface area contributed by atoms with Crippen molar-refractivity contribution in [3.63, 3.8) is 0 Å². The molecule has 0 aromatic carbocycles. The van der Waals surface area contributed by atoms with Crippen molar-refractivity contribution >= 4 is 5.97 Å². The molecule has 62 valence electrons. The molecule has 2 heteroatoms. The maximum atomic E-state index is 11.2. The van der Waals surface area contributed by atoms with Crippen LogP contribution in [0.3, 0.4) is 0 Å². The lowest BCUT2D eigenvalue weighted by Crippen LogP contribution is -2.35. The molecule has 3 aliphatic carbocycles. The van der Waals surface area contributed by atoms with Gasteiger partial charge in [0.05, 0.1) is 5.92 Å². The van der Waals surface area contributed by atoms with E-state index in [9.17, 15) is 4.79 Å². The average Bonchev–Trinajstić information content (AvgIpc) is 2.28. The van der Waals surface area contributed by atoms with Gasteiger partial charge in [-0.1, -0.05) is 12.8 Å². The van der Waals surface area contributed by atoms with Gasteiger partial charge in [-0.3, -0.25) is 4.79 Å². The fourth-order valence-corrected chi connectivity index (χ4v) is 1.30. The third-order valence-electron chi connectivity index (χ3n) is 1.93. The van der Waals surface area contributed by atoms with Gasteiger partial charge in [0.15, 0.2) is 0 Å². The van der Waals surface area contributed by atoms with Crippen LogP contribution in [-0.2, 0) is 4.79 Å². The molecule has 3 aliphatic rings. The highest BCUT2D eigenvalue weighted by Crippen LogP contribution is 2.44. The Labute approximate surface area is 77.8 Å². The van der Waals surface area contributed by atoms with Crippen molar-refractivity contribution in [2.75, 3.05) is 0 Å². The quantitative estimate of drug-likeness (QED) is 0.639. The highest BCUT2D eigenvalue weighted by Gasteiger charge is 2.39. The number of carboxylic acid groups (broad SMARTS) is 1. The van der Waals surface area contributed by atoms with Crippen LogP contribution in [0.15, 0.2) is 0 Å². The van der Waals surface area contributed by atoms with Crippen LogP contribution in [-0.4, -0.2) is 11.1 Å². The molecule has 5 atom stereocenters. The van der Waals surface area contributed by atoms with E-state index in [-0.39, 0.29) is 0 Å². The number of fused-ring (bicyclic) bond motifs is 3. The molecule has 0 saturated heterocycles. The molecule has 0 aliphatic heterocycles. The average molecular weight is 162 g/mol. The molecule has 2 bridgehead atoms. The van der Waals surface area contributed by atoms with Gasteiger partial charge in [0, 0.05) is 11.0 Å². The smallest absolute Gasteiger partial charge is 0.306 e. The molecule has 5 unspecified atom stereocenters. The Morgan fingerprint density at radius 3 is 3.09 bits per heavy atom. The lowest BCUT2D eigenvalue weighted by Gasteiger charge is -2.40. The molecule has 1 N–H and O–H groups in total. The van der Waals surface area contributed by atoms with Gasteiger partial charge in [-0.2, -0.15) is 0 Å².